The van der Waals surface area contributed by atoms with Crippen LogP contribution in [0.25, 0.3) is 0 Å². The Kier molecular flexibility index (Phi) is 6.06. The lowest BCUT2D eigenvalue weighted by Crippen LogP contribution is -2.62. The van der Waals surface area contributed by atoms with Crippen LogP contribution in [0, 0.1) is 0 Å². The van der Waals surface area contributed by atoms with Crippen molar-refractivity contribution < 1.29 is 0 Å². The van der Waals surface area contributed by atoms with Gasteiger partial charge in [0.2, 0.25) is 0 Å². The summed E-state index contributed by atoms with van der Waals surface area (Å²) in [6, 6.07) is 8.36. The van der Waals surface area contributed by atoms with Crippen molar-refractivity contribution in [2.75, 3.05) is 13.1 Å². The number of hydrazine groups is 1. The fourth-order valence-corrected chi connectivity index (χ4v) is 4.09. The second kappa shape index (κ2) is 7.59. The molecule has 0 spiro atoms. The van der Waals surface area contributed by atoms with Gasteiger partial charge >= 0.3 is 0 Å². The van der Waals surface area contributed by atoms with E-state index in [-0.39, 0.29) is 11.6 Å². The fraction of sp³-hybridized carbons (Fsp3) is 0.647. The van der Waals surface area contributed by atoms with Crippen molar-refractivity contribution in [2.45, 2.75) is 57.5 Å². The zero-order chi connectivity index (χ0) is 15.3. The van der Waals surface area contributed by atoms with Crippen LogP contribution in [-0.4, -0.2) is 29.6 Å². The number of nitrogens with zero attached hydrogens (tertiary/aromatic N) is 1. The van der Waals surface area contributed by atoms with Gasteiger partial charge in [-0.2, -0.15) is 0 Å². The third-order valence-electron chi connectivity index (χ3n) is 5.14. The van der Waals surface area contributed by atoms with E-state index in [0.29, 0.717) is 0 Å². The van der Waals surface area contributed by atoms with Gasteiger partial charge < -0.3 is 0 Å². The van der Waals surface area contributed by atoms with Crippen LogP contribution in [0.5, 0.6) is 0 Å². The molecular formula is C17H28ClN3. The van der Waals surface area contributed by atoms with E-state index in [4.69, 9.17) is 17.4 Å². The number of hydrogen-bond acceptors (Lipinski definition) is 3. The summed E-state index contributed by atoms with van der Waals surface area (Å²) in [5, 5.41) is 0.794. The quantitative estimate of drug-likeness (QED) is 0.599. The average molecular weight is 310 g/mol. The number of nitrogens with two attached hydrogens (primary N) is 1. The van der Waals surface area contributed by atoms with E-state index in [1.807, 2.05) is 18.2 Å². The number of benzene rings is 1. The van der Waals surface area contributed by atoms with Crippen LogP contribution in [0.1, 0.15) is 45.1 Å². The summed E-state index contributed by atoms with van der Waals surface area (Å²) in [6.45, 7) is 6.94. The Morgan fingerprint density at radius 2 is 1.95 bits per heavy atom. The lowest BCUT2D eigenvalue weighted by molar-refractivity contribution is 0.0620. The van der Waals surface area contributed by atoms with Gasteiger partial charge in [0.25, 0.3) is 0 Å². The Morgan fingerprint density at radius 3 is 2.48 bits per heavy atom. The first-order valence-corrected chi connectivity index (χ1v) is 8.49. The smallest absolute Gasteiger partial charge is 0.0434 e. The van der Waals surface area contributed by atoms with Crippen molar-refractivity contribution in [3.8, 4) is 0 Å². The summed E-state index contributed by atoms with van der Waals surface area (Å²) in [5.41, 5.74) is 4.48. The Bertz CT molecular complexity index is 439. The summed E-state index contributed by atoms with van der Waals surface area (Å²) in [5.74, 6) is 5.95. The molecule has 0 saturated carbocycles. The number of halogens is 1. The summed E-state index contributed by atoms with van der Waals surface area (Å²) in [6.07, 6.45) is 5.74. The SMILES string of the molecule is CCC(CC)(C(Cc1cccc(Cl)c1)NN)N1CCCC1. The predicted octanol–water partition coefficient (Wildman–Crippen LogP) is 3.37. The molecule has 21 heavy (non-hydrogen) atoms. The molecule has 0 radical (unpaired) electrons. The molecule has 1 fully saturated rings. The molecule has 0 aliphatic carbocycles. The van der Waals surface area contributed by atoms with Crippen LogP contribution in [-0.2, 0) is 6.42 Å². The lowest BCUT2D eigenvalue weighted by atomic mass is 9.80. The third-order valence-corrected chi connectivity index (χ3v) is 5.37. The van der Waals surface area contributed by atoms with Crippen LogP contribution >= 0.6 is 11.6 Å². The molecule has 2 rings (SSSR count). The third kappa shape index (κ3) is 3.59. The Labute approximate surface area is 133 Å². The Hall–Kier alpha value is -0.610. The maximum atomic E-state index is 6.12. The molecule has 0 bridgehead atoms. The fourth-order valence-electron chi connectivity index (χ4n) is 3.88. The molecule has 0 amide bonds. The van der Waals surface area contributed by atoms with Crippen molar-refractivity contribution in [1.29, 1.82) is 0 Å². The highest BCUT2D eigenvalue weighted by Crippen LogP contribution is 2.33. The number of nitrogens with one attached hydrogen (secondary N) is 1. The van der Waals surface area contributed by atoms with E-state index in [9.17, 15) is 0 Å². The normalized spacial score (nSPS) is 18.1. The highest BCUT2D eigenvalue weighted by molar-refractivity contribution is 6.30. The van der Waals surface area contributed by atoms with E-state index in [0.717, 1.165) is 24.3 Å². The molecule has 0 aromatic heterocycles. The molecule has 1 aromatic carbocycles. The van der Waals surface area contributed by atoms with Gasteiger partial charge in [-0.1, -0.05) is 37.6 Å². The molecule has 3 N–H and O–H groups in total. The molecule has 1 aliphatic rings. The van der Waals surface area contributed by atoms with Crippen molar-refractivity contribution in [2.24, 2.45) is 5.84 Å². The monoisotopic (exact) mass is 309 g/mol. The van der Waals surface area contributed by atoms with Crippen LogP contribution in [0.15, 0.2) is 24.3 Å². The molecule has 1 aromatic rings. The molecule has 1 atom stereocenters. The number of rotatable bonds is 7. The standard InChI is InChI=1S/C17H28ClN3/c1-3-17(4-2,21-10-5-6-11-21)16(20-19)13-14-8-7-9-15(18)12-14/h7-9,12,16,20H,3-6,10-11,13,19H2,1-2H3. The Morgan fingerprint density at radius 1 is 1.29 bits per heavy atom. The maximum Gasteiger partial charge on any atom is 0.0434 e. The summed E-state index contributed by atoms with van der Waals surface area (Å²) >= 11 is 6.12. The lowest BCUT2D eigenvalue weighted by Gasteiger charge is -2.46. The van der Waals surface area contributed by atoms with Crippen LogP contribution in [0.3, 0.4) is 0 Å². The van der Waals surface area contributed by atoms with Crippen LogP contribution < -0.4 is 11.3 Å². The van der Waals surface area contributed by atoms with E-state index < -0.39 is 0 Å². The van der Waals surface area contributed by atoms with E-state index in [1.165, 1.54) is 31.5 Å². The molecule has 118 valence electrons. The second-order valence-corrected chi connectivity index (χ2v) is 6.49. The molecule has 1 heterocycles. The van der Waals surface area contributed by atoms with Crippen molar-refractivity contribution in [3.05, 3.63) is 34.9 Å². The predicted molar refractivity (Wildman–Crippen MR) is 90.4 cm³/mol. The van der Waals surface area contributed by atoms with Gasteiger partial charge in [-0.05, 0) is 62.9 Å². The topological polar surface area (TPSA) is 41.3 Å². The van der Waals surface area contributed by atoms with E-state index >= 15 is 0 Å². The second-order valence-electron chi connectivity index (χ2n) is 6.06. The number of likely N-dealkylation sites (tertiary alicyclic amines) is 1. The summed E-state index contributed by atoms with van der Waals surface area (Å²) in [4.78, 5) is 2.64. The first-order valence-electron chi connectivity index (χ1n) is 8.12. The van der Waals surface area contributed by atoms with E-state index in [2.05, 4.69) is 30.2 Å². The molecule has 4 heteroatoms. The van der Waals surface area contributed by atoms with Gasteiger partial charge in [0.05, 0.1) is 0 Å². The van der Waals surface area contributed by atoms with Gasteiger partial charge in [0, 0.05) is 16.6 Å². The maximum absolute atomic E-state index is 6.12. The minimum Gasteiger partial charge on any atom is -0.296 e. The molecular weight excluding hydrogens is 282 g/mol. The van der Waals surface area contributed by atoms with Crippen LogP contribution in [0.4, 0.5) is 0 Å². The van der Waals surface area contributed by atoms with Gasteiger partial charge in [-0.3, -0.25) is 16.2 Å². The molecule has 1 unspecified atom stereocenters. The minimum atomic E-state index is 0.133. The van der Waals surface area contributed by atoms with Gasteiger partial charge in [-0.25, -0.2) is 0 Å². The number of hydrogen-bond donors (Lipinski definition) is 2. The summed E-state index contributed by atoms with van der Waals surface area (Å²) < 4.78 is 0. The molecule has 1 saturated heterocycles. The van der Waals surface area contributed by atoms with Crippen LogP contribution in [0.2, 0.25) is 5.02 Å². The van der Waals surface area contributed by atoms with E-state index in [1.54, 1.807) is 0 Å². The first-order chi connectivity index (χ1) is 10.2. The van der Waals surface area contributed by atoms with Crippen molar-refractivity contribution >= 4 is 11.6 Å². The first kappa shape index (κ1) is 16.8. The summed E-state index contributed by atoms with van der Waals surface area (Å²) in [7, 11) is 0. The average Bonchev–Trinajstić information content (AvgIpc) is 3.02. The highest BCUT2D eigenvalue weighted by Gasteiger charge is 2.41. The van der Waals surface area contributed by atoms with Gasteiger partial charge in [0.1, 0.15) is 0 Å². The zero-order valence-corrected chi connectivity index (χ0v) is 14.0. The van der Waals surface area contributed by atoms with Crippen molar-refractivity contribution in [3.63, 3.8) is 0 Å². The Balaban J connectivity index is 2.22. The zero-order valence-electron chi connectivity index (χ0n) is 13.2. The molecule has 3 nitrogen and oxygen atoms in total. The molecule has 1 aliphatic heterocycles. The largest absolute Gasteiger partial charge is 0.296 e. The highest BCUT2D eigenvalue weighted by atomic mass is 35.5. The van der Waals surface area contributed by atoms with Gasteiger partial charge in [0.15, 0.2) is 0 Å². The van der Waals surface area contributed by atoms with Gasteiger partial charge in [-0.15, -0.1) is 0 Å². The van der Waals surface area contributed by atoms with Crippen molar-refractivity contribution in [1.82, 2.24) is 10.3 Å². The minimum absolute atomic E-state index is 0.133.